The number of aromatic nitrogens is 2. The van der Waals surface area contributed by atoms with Crippen LogP contribution in [0.1, 0.15) is 31.2 Å². The molecule has 0 aliphatic heterocycles. The van der Waals surface area contributed by atoms with Crippen LogP contribution in [0.5, 0.6) is 11.5 Å². The number of ether oxygens (including phenoxy) is 2. The third-order valence-electron chi connectivity index (χ3n) is 5.05. The van der Waals surface area contributed by atoms with E-state index < -0.39 is 0 Å². The molecule has 28 heavy (non-hydrogen) atoms. The molecule has 0 spiro atoms. The highest BCUT2D eigenvalue weighted by atomic mass is 16.5. The second-order valence-corrected chi connectivity index (χ2v) is 6.94. The SMILES string of the molecule is COc1ccc(-n2ccn(C=Cc3ccccc3)c2=O)cc1OC1CCCC1. The first-order valence-corrected chi connectivity index (χ1v) is 9.62. The summed E-state index contributed by atoms with van der Waals surface area (Å²) >= 11 is 0. The molecule has 1 aromatic heterocycles. The molecule has 0 bridgehead atoms. The van der Waals surface area contributed by atoms with Crippen LogP contribution in [-0.2, 0) is 0 Å². The van der Waals surface area contributed by atoms with E-state index in [9.17, 15) is 4.79 Å². The van der Waals surface area contributed by atoms with Crippen molar-refractivity contribution in [2.45, 2.75) is 31.8 Å². The minimum absolute atomic E-state index is 0.135. The molecule has 1 heterocycles. The van der Waals surface area contributed by atoms with Crippen molar-refractivity contribution in [1.29, 1.82) is 0 Å². The van der Waals surface area contributed by atoms with Gasteiger partial charge in [0.1, 0.15) is 0 Å². The minimum Gasteiger partial charge on any atom is -0.493 e. The van der Waals surface area contributed by atoms with Crippen molar-refractivity contribution >= 4 is 12.3 Å². The Balaban J connectivity index is 1.61. The lowest BCUT2D eigenvalue weighted by Crippen LogP contribution is -2.20. The molecular weight excluding hydrogens is 352 g/mol. The molecule has 0 unspecified atom stereocenters. The first-order valence-electron chi connectivity index (χ1n) is 9.62. The monoisotopic (exact) mass is 376 g/mol. The van der Waals surface area contributed by atoms with Crippen molar-refractivity contribution in [1.82, 2.24) is 9.13 Å². The summed E-state index contributed by atoms with van der Waals surface area (Å²) in [5.41, 5.74) is 1.66. The second kappa shape index (κ2) is 8.21. The van der Waals surface area contributed by atoms with Crippen LogP contribution >= 0.6 is 0 Å². The number of hydrogen-bond donors (Lipinski definition) is 0. The maximum Gasteiger partial charge on any atom is 0.336 e. The highest BCUT2D eigenvalue weighted by Gasteiger charge is 2.19. The van der Waals surface area contributed by atoms with Gasteiger partial charge in [-0.05, 0) is 49.5 Å². The zero-order chi connectivity index (χ0) is 19.3. The van der Waals surface area contributed by atoms with Gasteiger partial charge in [0, 0.05) is 24.7 Å². The lowest BCUT2D eigenvalue weighted by atomic mass is 10.2. The number of nitrogens with zero attached hydrogens (tertiary/aromatic N) is 2. The Morgan fingerprint density at radius 1 is 1.00 bits per heavy atom. The molecule has 0 atom stereocenters. The Kier molecular flexibility index (Phi) is 5.33. The van der Waals surface area contributed by atoms with Crippen LogP contribution < -0.4 is 15.2 Å². The van der Waals surface area contributed by atoms with Gasteiger partial charge < -0.3 is 9.47 Å². The van der Waals surface area contributed by atoms with Gasteiger partial charge >= 0.3 is 5.69 Å². The molecule has 5 nitrogen and oxygen atoms in total. The van der Waals surface area contributed by atoms with E-state index in [0.717, 1.165) is 24.1 Å². The lowest BCUT2D eigenvalue weighted by molar-refractivity contribution is 0.201. The van der Waals surface area contributed by atoms with Crippen LogP contribution in [0.15, 0.2) is 65.7 Å². The predicted octanol–water partition coefficient (Wildman–Crippen LogP) is 4.60. The minimum atomic E-state index is -0.135. The summed E-state index contributed by atoms with van der Waals surface area (Å²) in [7, 11) is 1.63. The molecule has 1 aliphatic rings. The van der Waals surface area contributed by atoms with E-state index in [1.807, 2.05) is 54.6 Å². The van der Waals surface area contributed by atoms with E-state index in [1.54, 1.807) is 34.8 Å². The Morgan fingerprint density at radius 3 is 2.54 bits per heavy atom. The molecule has 0 radical (unpaired) electrons. The Morgan fingerprint density at radius 2 is 1.79 bits per heavy atom. The van der Waals surface area contributed by atoms with E-state index in [2.05, 4.69) is 0 Å². The third-order valence-corrected chi connectivity index (χ3v) is 5.05. The number of benzene rings is 2. The molecule has 3 aromatic rings. The Hall–Kier alpha value is -3.21. The highest BCUT2D eigenvalue weighted by molar-refractivity contribution is 5.60. The van der Waals surface area contributed by atoms with Gasteiger partial charge in [0.2, 0.25) is 0 Å². The summed E-state index contributed by atoms with van der Waals surface area (Å²) in [5.74, 6) is 1.37. The fraction of sp³-hybridized carbons (Fsp3) is 0.261. The number of methoxy groups -OCH3 is 1. The summed E-state index contributed by atoms with van der Waals surface area (Å²) < 4.78 is 14.8. The van der Waals surface area contributed by atoms with Gasteiger partial charge in [-0.25, -0.2) is 4.79 Å². The Labute approximate surface area is 164 Å². The van der Waals surface area contributed by atoms with Crippen molar-refractivity contribution < 1.29 is 9.47 Å². The van der Waals surface area contributed by atoms with Crippen LogP contribution in [0.2, 0.25) is 0 Å². The van der Waals surface area contributed by atoms with Crippen molar-refractivity contribution in [2.24, 2.45) is 0 Å². The molecule has 5 heteroatoms. The topological polar surface area (TPSA) is 45.4 Å². The quantitative estimate of drug-likeness (QED) is 0.632. The van der Waals surface area contributed by atoms with Gasteiger partial charge in [-0.1, -0.05) is 30.3 Å². The number of hydrogen-bond acceptors (Lipinski definition) is 3. The average Bonchev–Trinajstić information content (AvgIpc) is 3.37. The molecular formula is C23H24N2O3. The summed E-state index contributed by atoms with van der Waals surface area (Å²) in [5, 5.41) is 0. The van der Waals surface area contributed by atoms with E-state index in [0.29, 0.717) is 11.5 Å². The van der Waals surface area contributed by atoms with Crippen LogP contribution in [0.25, 0.3) is 18.0 Å². The van der Waals surface area contributed by atoms with Crippen molar-refractivity contribution in [3.63, 3.8) is 0 Å². The van der Waals surface area contributed by atoms with E-state index in [4.69, 9.17) is 9.47 Å². The van der Waals surface area contributed by atoms with Crippen molar-refractivity contribution in [2.75, 3.05) is 7.11 Å². The van der Waals surface area contributed by atoms with Gasteiger partial charge in [-0.15, -0.1) is 0 Å². The maximum atomic E-state index is 12.8. The maximum absolute atomic E-state index is 12.8. The summed E-state index contributed by atoms with van der Waals surface area (Å²) in [4.78, 5) is 12.8. The van der Waals surface area contributed by atoms with E-state index in [-0.39, 0.29) is 11.8 Å². The summed E-state index contributed by atoms with van der Waals surface area (Å²) in [6.07, 6.45) is 11.9. The highest BCUT2D eigenvalue weighted by Crippen LogP contribution is 2.33. The zero-order valence-corrected chi connectivity index (χ0v) is 16.0. The summed E-state index contributed by atoms with van der Waals surface area (Å²) in [6, 6.07) is 15.5. The third kappa shape index (κ3) is 3.88. The van der Waals surface area contributed by atoms with Gasteiger partial charge in [-0.2, -0.15) is 0 Å². The lowest BCUT2D eigenvalue weighted by Gasteiger charge is -2.16. The molecule has 1 saturated carbocycles. The predicted molar refractivity (Wildman–Crippen MR) is 111 cm³/mol. The fourth-order valence-electron chi connectivity index (χ4n) is 3.52. The van der Waals surface area contributed by atoms with Crippen LogP contribution in [0, 0.1) is 0 Å². The fourth-order valence-corrected chi connectivity index (χ4v) is 3.52. The van der Waals surface area contributed by atoms with E-state index >= 15 is 0 Å². The smallest absolute Gasteiger partial charge is 0.336 e. The summed E-state index contributed by atoms with van der Waals surface area (Å²) in [6.45, 7) is 0. The largest absolute Gasteiger partial charge is 0.493 e. The van der Waals surface area contributed by atoms with Gasteiger partial charge in [0.15, 0.2) is 11.5 Å². The normalized spacial score (nSPS) is 14.6. The van der Waals surface area contributed by atoms with Gasteiger partial charge in [0.05, 0.1) is 18.9 Å². The first kappa shape index (κ1) is 18.2. The number of rotatable bonds is 6. The number of imidazole rings is 1. The molecule has 144 valence electrons. The van der Waals surface area contributed by atoms with Crippen LogP contribution in [-0.4, -0.2) is 22.3 Å². The van der Waals surface area contributed by atoms with Crippen molar-refractivity contribution in [3.05, 3.63) is 77.0 Å². The first-order chi connectivity index (χ1) is 13.7. The van der Waals surface area contributed by atoms with E-state index in [1.165, 1.54) is 12.8 Å². The van der Waals surface area contributed by atoms with Crippen molar-refractivity contribution in [3.8, 4) is 17.2 Å². The Bertz CT molecular complexity index is 1010. The van der Waals surface area contributed by atoms with Gasteiger partial charge in [-0.3, -0.25) is 9.13 Å². The second-order valence-electron chi connectivity index (χ2n) is 6.94. The molecule has 1 aliphatic carbocycles. The van der Waals surface area contributed by atoms with Crippen LogP contribution in [0.3, 0.4) is 0 Å². The van der Waals surface area contributed by atoms with Crippen LogP contribution in [0.4, 0.5) is 0 Å². The zero-order valence-electron chi connectivity index (χ0n) is 16.0. The standard InChI is InChI=1S/C23H24N2O3/c1-27-21-12-11-19(17-22(21)28-20-9-5-6-10-20)25-16-15-24(23(25)26)14-13-18-7-3-2-4-8-18/h2-4,7-8,11-17,20H,5-6,9-10H2,1H3. The molecule has 0 amide bonds. The molecule has 0 N–H and O–H groups in total. The molecule has 4 rings (SSSR count). The average molecular weight is 376 g/mol. The molecule has 0 saturated heterocycles. The molecule has 2 aromatic carbocycles. The van der Waals surface area contributed by atoms with Gasteiger partial charge in [0.25, 0.3) is 0 Å². The molecule has 1 fully saturated rings.